The minimum Gasteiger partial charge on any atom is -0.756 e. The molecule has 0 aliphatic carbocycles. The molecule has 0 bridgehead atoms. The maximum atomic E-state index is 9.04. The van der Waals surface area contributed by atoms with Crippen LogP contribution in [0.3, 0.4) is 0 Å². The smallest absolute Gasteiger partial charge is 0.284 e. The Hall–Kier alpha value is -0.540. The summed E-state index contributed by atoms with van der Waals surface area (Å²) in [5.41, 5.74) is 0.967. The minimum absolute atomic E-state index is 0.178. The summed E-state index contributed by atoms with van der Waals surface area (Å²) in [5.74, 6) is 1.29. The van der Waals surface area contributed by atoms with Crippen molar-refractivity contribution < 1.29 is 34.4 Å². The first kappa shape index (κ1) is 17.5. The fourth-order valence-corrected chi connectivity index (χ4v) is 1.66. The van der Waals surface area contributed by atoms with Crippen molar-refractivity contribution in [1.29, 1.82) is 0 Å². The molecule has 0 aliphatic heterocycles. The topological polar surface area (TPSA) is 148 Å². The molecule has 5 N–H and O–H groups in total. The molecule has 1 aromatic rings. The standard InChI is InChI=1S/C8H12N2O2S.H3O4P/c11-3-8(12)5-13-4-7-1-2-9-6-10-7;1-5(2,3)4/h1-2,6,8,11-12H,3-5H2;(H3,1,2,3,4). The van der Waals surface area contributed by atoms with Crippen molar-refractivity contribution >= 4 is 19.6 Å². The van der Waals surface area contributed by atoms with Gasteiger partial charge in [-0.15, -0.1) is 0 Å². The molecule has 1 heterocycles. The summed E-state index contributed by atoms with van der Waals surface area (Å²) in [6.45, 7) is -0.178. The normalized spacial score (nSPS) is 12.5. The molecule has 1 atom stereocenters. The summed E-state index contributed by atoms with van der Waals surface area (Å²) in [7, 11) is -4.89. The van der Waals surface area contributed by atoms with Crippen molar-refractivity contribution in [3.63, 3.8) is 0 Å². The van der Waals surface area contributed by atoms with Crippen molar-refractivity contribution in [3.8, 4) is 0 Å². The van der Waals surface area contributed by atoms with Crippen LogP contribution in [0.4, 0.5) is 0 Å². The van der Waals surface area contributed by atoms with Gasteiger partial charge in [-0.2, -0.15) is 11.8 Å². The van der Waals surface area contributed by atoms with Crippen LogP contribution < -0.4 is 9.88 Å². The highest BCUT2D eigenvalue weighted by Crippen LogP contribution is 2.18. The summed E-state index contributed by atoms with van der Waals surface area (Å²) in [6.07, 6.45) is 2.81. The highest BCUT2D eigenvalue weighted by Gasteiger charge is 2.04. The van der Waals surface area contributed by atoms with Crippen molar-refractivity contribution in [2.75, 3.05) is 12.4 Å². The molecule has 0 amide bonds. The Morgan fingerprint density at radius 1 is 1.56 bits per heavy atom. The van der Waals surface area contributed by atoms with Crippen molar-refractivity contribution in [2.45, 2.75) is 11.9 Å². The van der Waals surface area contributed by atoms with Gasteiger partial charge < -0.3 is 24.9 Å². The maximum Gasteiger partial charge on any atom is 0.284 e. The van der Waals surface area contributed by atoms with E-state index in [4.69, 9.17) is 29.5 Å². The molecule has 0 saturated heterocycles. The van der Waals surface area contributed by atoms with Crippen LogP contribution in [0.1, 0.15) is 5.69 Å². The molecular weight excluding hydrogens is 283 g/mol. The molecule has 8 nitrogen and oxygen atoms in total. The zero-order valence-electron chi connectivity index (χ0n) is 9.34. The lowest BCUT2D eigenvalue weighted by Crippen LogP contribution is -2.14. The average Bonchev–Trinajstić information content (AvgIpc) is 2.28. The van der Waals surface area contributed by atoms with E-state index in [1.807, 2.05) is 12.3 Å². The Morgan fingerprint density at radius 3 is 2.61 bits per heavy atom. The number of H-pyrrole nitrogens is 1. The number of nitrogens with zero attached hydrogens (tertiary/aromatic N) is 1. The van der Waals surface area contributed by atoms with E-state index in [0.717, 1.165) is 11.4 Å². The number of aliphatic hydroxyl groups is 2. The monoisotopic (exact) mass is 298 g/mol. The number of phosphoric acid groups is 1. The SMILES string of the molecule is O=P([O-])(O)O.OCC(O)CSCc1cc[nH+]cn1. The summed E-state index contributed by atoms with van der Waals surface area (Å²) in [5, 5.41) is 17.6. The molecule has 0 aliphatic rings. The third-order valence-corrected chi connectivity index (χ3v) is 2.57. The predicted octanol–water partition coefficient (Wildman–Crippen LogP) is -2.08. The van der Waals surface area contributed by atoms with E-state index in [1.165, 1.54) is 0 Å². The largest absolute Gasteiger partial charge is 0.756 e. The van der Waals surface area contributed by atoms with Crippen LogP contribution >= 0.6 is 19.6 Å². The second-order valence-corrected chi connectivity index (χ2v) is 5.10. The Labute approximate surface area is 108 Å². The van der Waals surface area contributed by atoms with E-state index >= 15 is 0 Å². The summed E-state index contributed by atoms with van der Waals surface area (Å²) in [4.78, 5) is 29.8. The van der Waals surface area contributed by atoms with Crippen molar-refractivity contribution in [3.05, 3.63) is 24.3 Å². The molecule has 0 spiro atoms. The lowest BCUT2D eigenvalue weighted by atomic mass is 10.4. The van der Waals surface area contributed by atoms with Gasteiger partial charge in [-0.25, -0.2) is 0 Å². The Kier molecular flexibility index (Phi) is 9.12. The van der Waals surface area contributed by atoms with Gasteiger partial charge in [-0.3, -0.25) is 9.55 Å². The zero-order chi connectivity index (χ0) is 14.0. The number of thioether (sulfide) groups is 1. The number of rotatable bonds is 5. The van der Waals surface area contributed by atoms with Crippen molar-refractivity contribution in [1.82, 2.24) is 4.98 Å². The van der Waals surface area contributed by atoms with Crippen LogP contribution in [0, 0.1) is 0 Å². The molecule has 0 fully saturated rings. The first-order valence-electron chi connectivity index (χ1n) is 4.77. The van der Waals surface area contributed by atoms with Gasteiger partial charge in [0.15, 0.2) is 5.69 Å². The van der Waals surface area contributed by atoms with Gasteiger partial charge in [-0.05, 0) is 0 Å². The average molecular weight is 298 g/mol. The molecule has 1 aromatic heterocycles. The molecule has 18 heavy (non-hydrogen) atoms. The molecule has 104 valence electrons. The van der Waals surface area contributed by atoms with Crippen LogP contribution in [0.2, 0.25) is 0 Å². The molecule has 1 unspecified atom stereocenters. The number of aliphatic hydroxyl groups excluding tert-OH is 2. The quantitative estimate of drug-likeness (QED) is 0.453. The van der Waals surface area contributed by atoms with Crippen LogP contribution in [-0.2, 0) is 10.3 Å². The summed E-state index contributed by atoms with van der Waals surface area (Å²) < 4.78 is 8.77. The Balaban J connectivity index is 0.000000494. The second-order valence-electron chi connectivity index (χ2n) is 3.09. The van der Waals surface area contributed by atoms with Gasteiger partial charge in [0.05, 0.1) is 24.7 Å². The number of hydrogen-bond donors (Lipinski definition) is 4. The molecule has 1 rings (SSSR count). The molecule has 10 heteroatoms. The van der Waals surface area contributed by atoms with Crippen molar-refractivity contribution in [2.24, 2.45) is 0 Å². The van der Waals surface area contributed by atoms with E-state index in [1.54, 1.807) is 18.1 Å². The predicted molar refractivity (Wildman–Crippen MR) is 62.1 cm³/mol. The number of nitrogens with one attached hydrogen (secondary N) is 1. The summed E-state index contributed by atoms with van der Waals surface area (Å²) >= 11 is 1.55. The van der Waals surface area contributed by atoms with E-state index in [-0.39, 0.29) is 6.61 Å². The van der Waals surface area contributed by atoms with Gasteiger partial charge in [0, 0.05) is 11.8 Å². The Bertz CT molecular complexity index is 354. The van der Waals surface area contributed by atoms with Crippen LogP contribution in [-0.4, -0.2) is 43.4 Å². The molecule has 0 saturated carbocycles. The van der Waals surface area contributed by atoms with E-state index in [2.05, 4.69) is 9.97 Å². The maximum absolute atomic E-state index is 9.04. The zero-order valence-corrected chi connectivity index (χ0v) is 11.0. The lowest BCUT2D eigenvalue weighted by Gasteiger charge is -2.03. The van der Waals surface area contributed by atoms with Crippen LogP contribution in [0.5, 0.6) is 0 Å². The summed E-state index contributed by atoms with van der Waals surface area (Å²) in [6, 6.07) is 1.89. The molecule has 0 radical (unpaired) electrons. The number of aromatic nitrogens is 2. The first-order chi connectivity index (χ1) is 8.33. The fraction of sp³-hybridized carbons (Fsp3) is 0.500. The van der Waals surface area contributed by atoms with Gasteiger partial charge in [0.2, 0.25) is 0 Å². The lowest BCUT2D eigenvalue weighted by molar-refractivity contribution is -0.383. The number of hydrogen-bond acceptors (Lipinski definition) is 6. The highest BCUT2D eigenvalue weighted by molar-refractivity contribution is 7.98. The van der Waals surface area contributed by atoms with E-state index < -0.39 is 13.9 Å². The second kappa shape index (κ2) is 9.40. The van der Waals surface area contributed by atoms with E-state index in [9.17, 15) is 0 Å². The van der Waals surface area contributed by atoms with Gasteiger partial charge in [-0.1, -0.05) is 4.98 Å². The fourth-order valence-electron chi connectivity index (χ4n) is 0.788. The van der Waals surface area contributed by atoms with Crippen LogP contribution in [0.25, 0.3) is 0 Å². The molecular formula is C8H15N2O6PS. The highest BCUT2D eigenvalue weighted by atomic mass is 32.2. The van der Waals surface area contributed by atoms with Gasteiger partial charge in [0.1, 0.15) is 0 Å². The minimum atomic E-state index is -4.89. The van der Waals surface area contributed by atoms with Gasteiger partial charge in [0.25, 0.3) is 14.2 Å². The third-order valence-electron chi connectivity index (χ3n) is 1.45. The molecule has 0 aromatic carbocycles. The third kappa shape index (κ3) is 13.5. The first-order valence-corrected chi connectivity index (χ1v) is 7.45. The van der Waals surface area contributed by atoms with Gasteiger partial charge >= 0.3 is 0 Å². The van der Waals surface area contributed by atoms with E-state index in [0.29, 0.717) is 5.75 Å². The Morgan fingerprint density at radius 2 is 2.17 bits per heavy atom. The van der Waals surface area contributed by atoms with Crippen LogP contribution in [0.15, 0.2) is 18.6 Å². The number of aromatic amines is 1.